The van der Waals surface area contributed by atoms with Gasteiger partial charge in [0.15, 0.2) is 11.6 Å². The molecule has 5 heteroatoms. The lowest BCUT2D eigenvalue weighted by molar-refractivity contribution is 0.00578. The average Bonchev–Trinajstić information content (AvgIpc) is 2.76. The molecule has 0 atom stereocenters. The maximum absolute atomic E-state index is 13.3. The fourth-order valence-corrected chi connectivity index (χ4v) is 3.42. The second kappa shape index (κ2) is 6.47. The van der Waals surface area contributed by atoms with E-state index in [1.54, 1.807) is 6.07 Å². The molecule has 1 heterocycles. The summed E-state index contributed by atoms with van der Waals surface area (Å²) < 4.78 is 12.2. The molecular weight excluding hydrogens is 327 g/mol. The molecule has 0 N–H and O–H groups in total. The first kappa shape index (κ1) is 19.1. The summed E-state index contributed by atoms with van der Waals surface area (Å²) in [5, 5.41) is 0. The van der Waals surface area contributed by atoms with Crippen LogP contribution < -0.4 is 0 Å². The molecule has 3 rings (SSSR count). The number of ketones is 2. The number of hydrogen-bond donors (Lipinski definition) is 0. The van der Waals surface area contributed by atoms with Crippen LogP contribution in [0.4, 0.5) is 0 Å². The number of aryl methyl sites for hydroxylation is 1. The van der Waals surface area contributed by atoms with E-state index in [2.05, 4.69) is 6.92 Å². The third kappa shape index (κ3) is 2.97. The highest BCUT2D eigenvalue weighted by Gasteiger charge is 2.55. The van der Waals surface area contributed by atoms with E-state index in [0.29, 0.717) is 28.6 Å². The van der Waals surface area contributed by atoms with Crippen molar-refractivity contribution in [2.75, 3.05) is 0 Å². The molecule has 4 nitrogen and oxygen atoms in total. The van der Waals surface area contributed by atoms with Crippen molar-refractivity contribution >= 4 is 18.7 Å². The quantitative estimate of drug-likeness (QED) is 0.748. The van der Waals surface area contributed by atoms with Gasteiger partial charge in [-0.05, 0) is 53.5 Å². The highest BCUT2D eigenvalue weighted by molar-refractivity contribution is 6.65. The normalized spacial score (nSPS) is 21.4. The zero-order valence-electron chi connectivity index (χ0n) is 16.6. The number of carbonyl (C=O) groups is 2. The van der Waals surface area contributed by atoms with Gasteiger partial charge in [-0.1, -0.05) is 31.0 Å². The zero-order chi connectivity index (χ0) is 19.3. The Morgan fingerprint density at radius 1 is 0.962 bits per heavy atom. The second-order valence-electron chi connectivity index (χ2n) is 8.29. The summed E-state index contributed by atoms with van der Waals surface area (Å²) in [6.07, 6.45) is 2.36. The van der Waals surface area contributed by atoms with Gasteiger partial charge in [-0.3, -0.25) is 9.59 Å². The van der Waals surface area contributed by atoms with Gasteiger partial charge in [0.25, 0.3) is 0 Å². The van der Waals surface area contributed by atoms with Crippen LogP contribution in [0, 0.1) is 6.92 Å². The summed E-state index contributed by atoms with van der Waals surface area (Å²) in [5.74, 6) is -0.217. The number of benzene rings is 1. The third-order valence-corrected chi connectivity index (χ3v) is 5.78. The first-order valence-electron chi connectivity index (χ1n) is 9.38. The minimum atomic E-state index is -0.808. The van der Waals surface area contributed by atoms with Gasteiger partial charge in [-0.15, -0.1) is 0 Å². The number of allylic oxidation sites excluding steroid dienone is 2. The molecule has 2 aliphatic rings. The van der Waals surface area contributed by atoms with Crippen molar-refractivity contribution in [2.24, 2.45) is 0 Å². The van der Waals surface area contributed by atoms with E-state index in [1.165, 1.54) is 0 Å². The van der Waals surface area contributed by atoms with Gasteiger partial charge >= 0.3 is 7.12 Å². The fraction of sp³-hybridized carbons (Fsp3) is 0.524. The van der Waals surface area contributed by atoms with Crippen molar-refractivity contribution in [3.63, 3.8) is 0 Å². The fourth-order valence-electron chi connectivity index (χ4n) is 3.42. The van der Waals surface area contributed by atoms with Crippen LogP contribution in [0.1, 0.15) is 80.2 Å². The van der Waals surface area contributed by atoms with Gasteiger partial charge < -0.3 is 9.31 Å². The van der Waals surface area contributed by atoms with Crippen LogP contribution in [-0.2, 0) is 9.31 Å². The number of fused-ring (bicyclic) bond motifs is 1. The van der Waals surface area contributed by atoms with Crippen LogP contribution in [0.3, 0.4) is 0 Å². The molecule has 138 valence electrons. The number of carbonyl (C=O) groups excluding carboxylic acids is 2. The minimum absolute atomic E-state index is 0.0681. The molecule has 0 radical (unpaired) electrons. The molecule has 0 saturated carbocycles. The summed E-state index contributed by atoms with van der Waals surface area (Å²) in [7, 11) is -0.808. The summed E-state index contributed by atoms with van der Waals surface area (Å²) in [6, 6.07) is 5.41. The highest BCUT2D eigenvalue weighted by Crippen LogP contribution is 2.41. The Bertz CT molecular complexity index is 788. The van der Waals surface area contributed by atoms with E-state index in [0.717, 1.165) is 18.4 Å². The Balaban J connectivity index is 2.12. The Hall–Kier alpha value is -1.72. The van der Waals surface area contributed by atoms with E-state index in [4.69, 9.17) is 9.31 Å². The Morgan fingerprint density at radius 2 is 1.58 bits per heavy atom. The first-order valence-corrected chi connectivity index (χ1v) is 9.38. The Morgan fingerprint density at radius 3 is 2.15 bits per heavy atom. The molecule has 0 amide bonds. The Labute approximate surface area is 156 Å². The number of hydrogen-bond acceptors (Lipinski definition) is 4. The van der Waals surface area contributed by atoms with E-state index in [-0.39, 0.29) is 11.6 Å². The molecule has 1 saturated heterocycles. The van der Waals surface area contributed by atoms with Crippen molar-refractivity contribution < 1.29 is 18.9 Å². The molecular formula is C21H27BO4. The monoisotopic (exact) mass is 354 g/mol. The lowest BCUT2D eigenvalue weighted by Gasteiger charge is -2.32. The lowest BCUT2D eigenvalue weighted by atomic mass is 9.66. The van der Waals surface area contributed by atoms with Gasteiger partial charge in [0.1, 0.15) is 0 Å². The van der Waals surface area contributed by atoms with Gasteiger partial charge in [-0.2, -0.15) is 0 Å². The van der Waals surface area contributed by atoms with Crippen LogP contribution in [0.2, 0.25) is 0 Å². The topological polar surface area (TPSA) is 52.6 Å². The Kier molecular flexibility index (Phi) is 4.74. The average molecular weight is 354 g/mol. The van der Waals surface area contributed by atoms with Gasteiger partial charge in [0, 0.05) is 22.2 Å². The molecule has 1 aliphatic carbocycles. The van der Waals surface area contributed by atoms with E-state index in [9.17, 15) is 9.59 Å². The third-order valence-electron chi connectivity index (χ3n) is 5.78. The summed E-state index contributed by atoms with van der Waals surface area (Å²) in [5.41, 5.74) is 1.74. The molecule has 0 unspecified atom stereocenters. The molecule has 1 aliphatic heterocycles. The molecule has 0 bridgehead atoms. The smallest absolute Gasteiger partial charge is 0.399 e. The molecule has 1 aromatic rings. The minimum Gasteiger partial charge on any atom is -0.399 e. The van der Waals surface area contributed by atoms with Gasteiger partial charge in [0.2, 0.25) is 0 Å². The van der Waals surface area contributed by atoms with Crippen LogP contribution in [0.15, 0.2) is 29.2 Å². The second-order valence-corrected chi connectivity index (χ2v) is 8.29. The maximum atomic E-state index is 13.3. The molecule has 0 aromatic heterocycles. The number of rotatable bonds is 4. The molecule has 0 spiro atoms. The van der Waals surface area contributed by atoms with Crippen molar-refractivity contribution in [3.05, 3.63) is 45.9 Å². The van der Waals surface area contributed by atoms with E-state index < -0.39 is 18.3 Å². The summed E-state index contributed by atoms with van der Waals surface area (Å²) in [6.45, 7) is 11.8. The highest BCUT2D eigenvalue weighted by atomic mass is 16.7. The SMILES string of the molecule is CCCCC1=C(B2OC(C)(C)C(C)(C)O2)C(=O)c2ccc(C)cc2C1=O. The van der Waals surface area contributed by atoms with Crippen molar-refractivity contribution in [3.8, 4) is 0 Å². The molecule has 1 fully saturated rings. The molecule has 1 aromatic carbocycles. The van der Waals surface area contributed by atoms with Crippen molar-refractivity contribution in [1.29, 1.82) is 0 Å². The summed E-state index contributed by atoms with van der Waals surface area (Å²) >= 11 is 0. The molecule has 26 heavy (non-hydrogen) atoms. The predicted molar refractivity (Wildman–Crippen MR) is 102 cm³/mol. The number of unbranched alkanes of at least 4 members (excludes halogenated alkanes) is 1. The lowest BCUT2D eigenvalue weighted by Crippen LogP contribution is -2.41. The van der Waals surface area contributed by atoms with Crippen LogP contribution >= 0.6 is 0 Å². The standard InChI is InChI=1S/C21H27BO4/c1-7-8-9-15-17(22-25-20(3,4)21(5,6)26-22)19(24)14-11-10-13(2)12-16(14)18(15)23/h10-12H,7-9H2,1-6H3. The first-order chi connectivity index (χ1) is 12.1. The van der Waals surface area contributed by atoms with Gasteiger partial charge in [-0.25, -0.2) is 0 Å². The largest absolute Gasteiger partial charge is 0.499 e. The van der Waals surface area contributed by atoms with Gasteiger partial charge in [0.05, 0.1) is 11.2 Å². The summed E-state index contributed by atoms with van der Waals surface area (Å²) in [4.78, 5) is 26.5. The van der Waals surface area contributed by atoms with E-state index in [1.807, 2.05) is 46.8 Å². The maximum Gasteiger partial charge on any atom is 0.499 e. The van der Waals surface area contributed by atoms with Crippen molar-refractivity contribution in [2.45, 2.75) is 72.0 Å². The zero-order valence-corrected chi connectivity index (χ0v) is 16.6. The predicted octanol–water partition coefficient (Wildman–Crippen LogP) is 4.49. The van der Waals surface area contributed by atoms with E-state index >= 15 is 0 Å². The van der Waals surface area contributed by atoms with Crippen LogP contribution in [0.25, 0.3) is 0 Å². The van der Waals surface area contributed by atoms with Crippen LogP contribution in [-0.4, -0.2) is 29.9 Å². The van der Waals surface area contributed by atoms with Crippen molar-refractivity contribution in [1.82, 2.24) is 0 Å². The number of Topliss-reactive ketones (excluding diaryl/α,β-unsaturated/α-hetero) is 2. The van der Waals surface area contributed by atoms with Crippen LogP contribution in [0.5, 0.6) is 0 Å².